The summed E-state index contributed by atoms with van der Waals surface area (Å²) in [4.78, 5) is 0. The molecule has 6 aromatic carbocycles. The number of nitriles is 2. The highest BCUT2D eigenvalue weighted by Gasteiger charge is 2.05. The first-order chi connectivity index (χ1) is 19.7. The molecule has 0 aromatic heterocycles. The van der Waals surface area contributed by atoms with Gasteiger partial charge in [-0.25, -0.2) is 0 Å². The number of hydrogen-bond donors (Lipinski definition) is 0. The van der Waals surface area contributed by atoms with E-state index in [0.717, 1.165) is 22.3 Å². The van der Waals surface area contributed by atoms with Crippen molar-refractivity contribution in [2.75, 3.05) is 0 Å². The fourth-order valence-electron chi connectivity index (χ4n) is 4.89. The number of rotatable bonds is 5. The van der Waals surface area contributed by atoms with Gasteiger partial charge in [0.15, 0.2) is 0 Å². The molecule has 0 aliphatic carbocycles. The Hall–Kier alpha value is -5.70. The zero-order valence-corrected chi connectivity index (χ0v) is 21.8. The molecule has 0 bridgehead atoms. The van der Waals surface area contributed by atoms with Crippen LogP contribution in [0.4, 0.5) is 0 Å². The van der Waals surface area contributed by atoms with Crippen LogP contribution < -0.4 is 0 Å². The minimum atomic E-state index is 0.671. The van der Waals surface area contributed by atoms with Gasteiger partial charge in [-0.2, -0.15) is 10.5 Å². The summed E-state index contributed by atoms with van der Waals surface area (Å²) in [6, 6.07) is 54.1. The van der Waals surface area contributed by atoms with Gasteiger partial charge < -0.3 is 0 Å². The van der Waals surface area contributed by atoms with Crippen LogP contribution in [0.1, 0.15) is 11.1 Å². The first-order valence-electron chi connectivity index (χ1n) is 13.1. The van der Waals surface area contributed by atoms with Crippen LogP contribution in [0.15, 0.2) is 146 Å². The van der Waals surface area contributed by atoms with Gasteiger partial charge in [-0.15, -0.1) is 0 Å². The molecule has 0 amide bonds. The fraction of sp³-hybridized carbons (Fsp3) is 0. The largest absolute Gasteiger partial charge is 0.192 e. The van der Waals surface area contributed by atoms with E-state index in [9.17, 15) is 0 Å². The third kappa shape index (κ3) is 5.16. The van der Waals surface area contributed by atoms with Crippen molar-refractivity contribution < 1.29 is 0 Å². The lowest BCUT2D eigenvalue weighted by Gasteiger charge is -2.09. The molecule has 2 heteroatoms. The second kappa shape index (κ2) is 11.0. The maximum Gasteiger partial charge on any atom is 0.0991 e. The second-order valence-corrected chi connectivity index (χ2v) is 9.69. The lowest BCUT2D eigenvalue weighted by molar-refractivity contribution is 1.48. The molecule has 6 rings (SSSR count). The highest BCUT2D eigenvalue weighted by molar-refractivity contribution is 5.76. The summed E-state index contributed by atoms with van der Waals surface area (Å²) in [6.07, 6.45) is 0. The van der Waals surface area contributed by atoms with Crippen molar-refractivity contribution in [3.8, 4) is 67.8 Å². The number of nitrogens with zero attached hydrogens (tertiary/aromatic N) is 2. The Morgan fingerprint density at radius 2 is 0.350 bits per heavy atom. The Morgan fingerprint density at radius 1 is 0.225 bits per heavy atom. The maximum absolute atomic E-state index is 9.01. The van der Waals surface area contributed by atoms with E-state index in [1.165, 1.54) is 33.4 Å². The smallest absolute Gasteiger partial charge is 0.0991 e. The zero-order valence-electron chi connectivity index (χ0n) is 21.8. The topological polar surface area (TPSA) is 47.6 Å². The van der Waals surface area contributed by atoms with Gasteiger partial charge >= 0.3 is 0 Å². The van der Waals surface area contributed by atoms with Gasteiger partial charge in [0, 0.05) is 0 Å². The highest BCUT2D eigenvalue weighted by Crippen LogP contribution is 2.30. The van der Waals surface area contributed by atoms with E-state index in [0.29, 0.717) is 11.1 Å². The van der Waals surface area contributed by atoms with E-state index < -0.39 is 0 Å². The first kappa shape index (κ1) is 24.6. The molecule has 0 saturated carbocycles. The lowest BCUT2D eigenvalue weighted by atomic mass is 9.96. The molecular formula is C38H24N2. The summed E-state index contributed by atoms with van der Waals surface area (Å²) in [7, 11) is 0. The molecule has 0 atom stereocenters. The molecule has 2 nitrogen and oxygen atoms in total. The van der Waals surface area contributed by atoms with Crippen LogP contribution in [0, 0.1) is 22.7 Å². The Morgan fingerprint density at radius 3 is 0.475 bits per heavy atom. The molecule has 0 fully saturated rings. The van der Waals surface area contributed by atoms with Gasteiger partial charge in [-0.1, -0.05) is 121 Å². The van der Waals surface area contributed by atoms with E-state index >= 15 is 0 Å². The van der Waals surface area contributed by atoms with Gasteiger partial charge in [0.25, 0.3) is 0 Å². The predicted molar refractivity (Wildman–Crippen MR) is 163 cm³/mol. The summed E-state index contributed by atoms with van der Waals surface area (Å²) >= 11 is 0. The van der Waals surface area contributed by atoms with Crippen LogP contribution in [0.2, 0.25) is 0 Å². The Balaban J connectivity index is 1.14. The summed E-state index contributed by atoms with van der Waals surface area (Å²) < 4.78 is 0. The van der Waals surface area contributed by atoms with Gasteiger partial charge in [-0.3, -0.25) is 0 Å². The molecule has 40 heavy (non-hydrogen) atoms. The minimum Gasteiger partial charge on any atom is -0.192 e. The third-order valence-corrected chi connectivity index (χ3v) is 7.23. The molecule has 6 aromatic rings. The number of benzene rings is 6. The second-order valence-electron chi connectivity index (χ2n) is 9.69. The summed E-state index contributed by atoms with van der Waals surface area (Å²) in [6.45, 7) is 0. The van der Waals surface area contributed by atoms with Crippen molar-refractivity contribution >= 4 is 0 Å². The monoisotopic (exact) mass is 508 g/mol. The predicted octanol–water partition coefficient (Wildman–Crippen LogP) is 9.76. The first-order valence-corrected chi connectivity index (χ1v) is 13.1. The molecule has 0 spiro atoms. The standard InChI is InChI=1S/C38H24N2/c39-25-27-1-5-29(6-2-27)31-9-13-33(14-10-31)35-17-21-37(22-18-35)38-23-19-36(20-24-38)34-15-11-32(12-16-34)30-7-3-28(26-40)4-8-30/h1-24H. The third-order valence-electron chi connectivity index (χ3n) is 7.23. The average Bonchev–Trinajstić information content (AvgIpc) is 3.05. The summed E-state index contributed by atoms with van der Waals surface area (Å²) in [5.74, 6) is 0. The maximum atomic E-state index is 9.01. The van der Waals surface area contributed by atoms with Gasteiger partial charge in [0.05, 0.1) is 23.3 Å². The molecule has 186 valence electrons. The van der Waals surface area contributed by atoms with Crippen LogP contribution in [-0.4, -0.2) is 0 Å². The molecule has 0 unspecified atom stereocenters. The van der Waals surface area contributed by atoms with Crippen LogP contribution in [0.3, 0.4) is 0 Å². The van der Waals surface area contributed by atoms with Gasteiger partial charge in [-0.05, 0) is 79.9 Å². The minimum absolute atomic E-state index is 0.671. The van der Waals surface area contributed by atoms with Gasteiger partial charge in [0.1, 0.15) is 0 Å². The van der Waals surface area contributed by atoms with E-state index in [4.69, 9.17) is 10.5 Å². The highest BCUT2D eigenvalue weighted by atomic mass is 14.2. The van der Waals surface area contributed by atoms with Crippen molar-refractivity contribution in [1.29, 1.82) is 10.5 Å². The van der Waals surface area contributed by atoms with E-state index in [1.54, 1.807) is 0 Å². The molecule has 0 saturated heterocycles. The molecular weight excluding hydrogens is 484 g/mol. The van der Waals surface area contributed by atoms with E-state index in [-0.39, 0.29) is 0 Å². The molecule has 0 aliphatic heterocycles. The molecule has 0 radical (unpaired) electrons. The van der Waals surface area contributed by atoms with E-state index in [2.05, 4.69) is 109 Å². The average molecular weight is 509 g/mol. The zero-order chi connectivity index (χ0) is 27.3. The SMILES string of the molecule is N#Cc1ccc(-c2ccc(-c3ccc(-c4ccc(-c5ccc(-c6ccc(C#N)cc6)cc5)cc4)cc3)cc2)cc1. The Bertz CT molecular complexity index is 1690. The van der Waals surface area contributed by atoms with Crippen molar-refractivity contribution in [2.45, 2.75) is 0 Å². The van der Waals surface area contributed by atoms with Crippen LogP contribution >= 0.6 is 0 Å². The van der Waals surface area contributed by atoms with Crippen molar-refractivity contribution in [1.82, 2.24) is 0 Å². The Kier molecular flexibility index (Phi) is 6.75. The summed E-state index contributed by atoms with van der Waals surface area (Å²) in [5.41, 5.74) is 12.9. The van der Waals surface area contributed by atoms with E-state index in [1.807, 2.05) is 48.5 Å². The number of hydrogen-bond acceptors (Lipinski definition) is 2. The fourth-order valence-corrected chi connectivity index (χ4v) is 4.89. The normalized spacial score (nSPS) is 10.4. The van der Waals surface area contributed by atoms with Crippen LogP contribution in [0.5, 0.6) is 0 Å². The molecule has 0 aliphatic rings. The summed E-state index contributed by atoms with van der Waals surface area (Å²) in [5, 5.41) is 18.0. The van der Waals surface area contributed by atoms with Crippen molar-refractivity contribution in [2.24, 2.45) is 0 Å². The quantitative estimate of drug-likeness (QED) is 0.233. The van der Waals surface area contributed by atoms with Crippen molar-refractivity contribution in [3.63, 3.8) is 0 Å². The molecule has 0 heterocycles. The van der Waals surface area contributed by atoms with Crippen LogP contribution in [0.25, 0.3) is 55.6 Å². The molecule has 0 N–H and O–H groups in total. The Labute approximate surface area is 234 Å². The lowest BCUT2D eigenvalue weighted by Crippen LogP contribution is -1.84. The van der Waals surface area contributed by atoms with Crippen molar-refractivity contribution in [3.05, 3.63) is 157 Å². The van der Waals surface area contributed by atoms with Crippen LogP contribution in [-0.2, 0) is 0 Å². The van der Waals surface area contributed by atoms with Gasteiger partial charge in [0.2, 0.25) is 0 Å².